The third-order valence-corrected chi connectivity index (χ3v) is 3.87. The molecule has 5 heteroatoms. The molecule has 0 bridgehead atoms. The molecular weight excluding hydrogens is 244 g/mol. The Balaban J connectivity index is 2.53. The summed E-state index contributed by atoms with van der Waals surface area (Å²) in [6.07, 6.45) is 2.08. The molecule has 0 saturated heterocycles. The molecule has 1 rings (SSSR count). The molecule has 0 saturated carbocycles. The molecular formula is C11H13ClN2OS. The van der Waals surface area contributed by atoms with Crippen LogP contribution in [0.25, 0.3) is 0 Å². The Kier molecular flexibility index (Phi) is 5.30. The van der Waals surface area contributed by atoms with Crippen LogP contribution in [0, 0.1) is 11.3 Å². The lowest BCUT2D eigenvalue weighted by atomic mass is 10.3. The van der Waals surface area contributed by atoms with Gasteiger partial charge in [0.2, 0.25) is 0 Å². The molecule has 1 atom stereocenters. The summed E-state index contributed by atoms with van der Waals surface area (Å²) in [7, 11) is -1.05. The monoisotopic (exact) mass is 256 g/mol. The van der Waals surface area contributed by atoms with Crippen molar-refractivity contribution in [2.45, 2.75) is 24.2 Å². The molecule has 0 radical (unpaired) electrons. The van der Waals surface area contributed by atoms with Gasteiger partial charge in [0.15, 0.2) is 0 Å². The highest BCUT2D eigenvalue weighted by molar-refractivity contribution is 7.85. The molecule has 0 fully saturated rings. The van der Waals surface area contributed by atoms with Crippen molar-refractivity contribution in [2.24, 2.45) is 0 Å². The van der Waals surface area contributed by atoms with Gasteiger partial charge in [-0.3, -0.25) is 4.21 Å². The number of nitrogens with two attached hydrogens (primary N) is 1. The topological polar surface area (TPSA) is 66.9 Å². The van der Waals surface area contributed by atoms with Crippen molar-refractivity contribution in [3.8, 4) is 6.07 Å². The maximum atomic E-state index is 11.8. The molecule has 0 spiro atoms. The lowest BCUT2D eigenvalue weighted by Crippen LogP contribution is -1.99. The normalized spacial score (nSPS) is 12.0. The molecule has 2 N–H and O–H groups in total. The molecule has 1 aromatic rings. The van der Waals surface area contributed by atoms with Crippen LogP contribution in [-0.2, 0) is 10.8 Å². The van der Waals surface area contributed by atoms with Gasteiger partial charge in [-0.25, -0.2) is 0 Å². The number of nitriles is 1. The van der Waals surface area contributed by atoms with Gasteiger partial charge in [-0.05, 0) is 31.0 Å². The molecule has 0 aliphatic rings. The number of hydrogen-bond acceptors (Lipinski definition) is 3. The Morgan fingerprint density at radius 3 is 2.81 bits per heavy atom. The van der Waals surface area contributed by atoms with E-state index in [4.69, 9.17) is 22.6 Å². The fraction of sp³-hybridized carbons (Fsp3) is 0.364. The summed E-state index contributed by atoms with van der Waals surface area (Å²) >= 11 is 5.84. The maximum Gasteiger partial charge on any atom is 0.0647 e. The largest absolute Gasteiger partial charge is 0.398 e. The quantitative estimate of drug-likeness (QED) is 0.651. The maximum absolute atomic E-state index is 11.8. The van der Waals surface area contributed by atoms with E-state index in [1.807, 2.05) is 0 Å². The second kappa shape index (κ2) is 6.51. The molecule has 0 amide bonds. The standard InChI is InChI=1S/C11H13ClN2OS/c12-10-8-9(4-5-11(10)14)16(15)7-3-1-2-6-13/h4-5,8H,1-3,7,14H2. The van der Waals surface area contributed by atoms with Gasteiger partial charge >= 0.3 is 0 Å². The minimum Gasteiger partial charge on any atom is -0.398 e. The fourth-order valence-corrected chi connectivity index (χ4v) is 2.62. The van der Waals surface area contributed by atoms with Crippen LogP contribution in [0.15, 0.2) is 23.1 Å². The Labute approximate surface area is 103 Å². The third kappa shape index (κ3) is 3.84. The number of anilines is 1. The molecule has 0 aromatic heterocycles. The predicted molar refractivity (Wildman–Crippen MR) is 66.6 cm³/mol. The first-order valence-electron chi connectivity index (χ1n) is 4.95. The highest BCUT2D eigenvalue weighted by atomic mass is 35.5. The van der Waals surface area contributed by atoms with E-state index in [-0.39, 0.29) is 0 Å². The average Bonchev–Trinajstić information content (AvgIpc) is 2.28. The van der Waals surface area contributed by atoms with Crippen LogP contribution in [0.3, 0.4) is 0 Å². The van der Waals surface area contributed by atoms with Gasteiger partial charge in [-0.1, -0.05) is 11.6 Å². The summed E-state index contributed by atoms with van der Waals surface area (Å²) in [6.45, 7) is 0. The lowest BCUT2D eigenvalue weighted by Gasteiger charge is -2.03. The minimum atomic E-state index is -1.05. The molecule has 3 nitrogen and oxygen atoms in total. The van der Waals surface area contributed by atoms with Crippen molar-refractivity contribution in [1.82, 2.24) is 0 Å². The summed E-state index contributed by atoms with van der Waals surface area (Å²) in [4.78, 5) is 0.691. The number of unbranched alkanes of at least 4 members (excludes halogenated alkanes) is 2. The van der Waals surface area contributed by atoms with Gasteiger partial charge in [0.1, 0.15) is 0 Å². The van der Waals surface area contributed by atoms with E-state index in [2.05, 4.69) is 6.07 Å². The second-order valence-electron chi connectivity index (χ2n) is 3.35. The summed E-state index contributed by atoms with van der Waals surface area (Å²) in [6, 6.07) is 7.08. The van der Waals surface area contributed by atoms with Gasteiger partial charge in [0.05, 0.1) is 27.6 Å². The highest BCUT2D eigenvalue weighted by Crippen LogP contribution is 2.22. The van der Waals surface area contributed by atoms with E-state index < -0.39 is 10.8 Å². The van der Waals surface area contributed by atoms with Gasteiger partial charge in [-0.2, -0.15) is 5.26 Å². The summed E-state index contributed by atoms with van der Waals surface area (Å²) in [5.41, 5.74) is 6.05. The van der Waals surface area contributed by atoms with Crippen LogP contribution < -0.4 is 5.73 Å². The van der Waals surface area contributed by atoms with E-state index in [0.29, 0.717) is 27.8 Å². The SMILES string of the molecule is N#CCCCCS(=O)c1ccc(N)c(Cl)c1. The van der Waals surface area contributed by atoms with Crippen molar-refractivity contribution >= 4 is 28.1 Å². The summed E-state index contributed by atoms with van der Waals surface area (Å²) in [5.74, 6) is 0.557. The fourth-order valence-electron chi connectivity index (χ4n) is 1.20. The number of nitrogen functional groups attached to an aromatic ring is 1. The molecule has 1 aromatic carbocycles. The Morgan fingerprint density at radius 2 is 2.19 bits per heavy atom. The van der Waals surface area contributed by atoms with Crippen LogP contribution in [-0.4, -0.2) is 9.96 Å². The van der Waals surface area contributed by atoms with E-state index in [9.17, 15) is 4.21 Å². The van der Waals surface area contributed by atoms with Crippen LogP contribution in [0.5, 0.6) is 0 Å². The third-order valence-electron chi connectivity index (χ3n) is 2.10. The first-order chi connectivity index (χ1) is 7.65. The Morgan fingerprint density at radius 1 is 1.44 bits per heavy atom. The molecule has 86 valence electrons. The first kappa shape index (κ1) is 13.0. The molecule has 0 aliphatic carbocycles. The molecule has 16 heavy (non-hydrogen) atoms. The second-order valence-corrected chi connectivity index (χ2v) is 5.33. The molecule has 0 heterocycles. The van der Waals surface area contributed by atoms with E-state index in [1.165, 1.54) is 0 Å². The van der Waals surface area contributed by atoms with Crippen molar-refractivity contribution < 1.29 is 4.21 Å². The zero-order valence-electron chi connectivity index (χ0n) is 8.78. The number of benzene rings is 1. The van der Waals surface area contributed by atoms with E-state index >= 15 is 0 Å². The van der Waals surface area contributed by atoms with E-state index in [0.717, 1.165) is 12.8 Å². The highest BCUT2D eigenvalue weighted by Gasteiger charge is 2.05. The van der Waals surface area contributed by atoms with Crippen molar-refractivity contribution in [3.05, 3.63) is 23.2 Å². The van der Waals surface area contributed by atoms with Gasteiger partial charge in [0, 0.05) is 17.1 Å². The molecule has 0 aliphatic heterocycles. The summed E-state index contributed by atoms with van der Waals surface area (Å²) < 4.78 is 11.8. The van der Waals surface area contributed by atoms with Gasteiger partial charge < -0.3 is 5.73 Å². The average molecular weight is 257 g/mol. The van der Waals surface area contributed by atoms with Crippen LogP contribution in [0.1, 0.15) is 19.3 Å². The number of rotatable bonds is 5. The Bertz CT molecular complexity index is 428. The van der Waals surface area contributed by atoms with Crippen LogP contribution in [0.2, 0.25) is 5.02 Å². The van der Waals surface area contributed by atoms with Gasteiger partial charge in [-0.15, -0.1) is 0 Å². The van der Waals surface area contributed by atoms with Crippen LogP contribution in [0.4, 0.5) is 5.69 Å². The smallest absolute Gasteiger partial charge is 0.0647 e. The van der Waals surface area contributed by atoms with Gasteiger partial charge in [0.25, 0.3) is 0 Å². The predicted octanol–water partition coefficient (Wildman–Crippen LogP) is 2.72. The van der Waals surface area contributed by atoms with Crippen LogP contribution >= 0.6 is 11.6 Å². The molecule has 1 unspecified atom stereocenters. The number of hydrogen-bond donors (Lipinski definition) is 1. The zero-order chi connectivity index (χ0) is 12.0. The number of nitrogens with zero attached hydrogens (tertiary/aromatic N) is 1. The lowest BCUT2D eigenvalue weighted by molar-refractivity contribution is 0.678. The van der Waals surface area contributed by atoms with E-state index in [1.54, 1.807) is 18.2 Å². The summed E-state index contributed by atoms with van der Waals surface area (Å²) in [5, 5.41) is 8.79. The minimum absolute atomic E-state index is 0.433. The number of halogens is 1. The first-order valence-corrected chi connectivity index (χ1v) is 6.65. The van der Waals surface area contributed by atoms with Crippen molar-refractivity contribution in [3.63, 3.8) is 0 Å². The van der Waals surface area contributed by atoms with Crippen molar-refractivity contribution in [1.29, 1.82) is 5.26 Å². The van der Waals surface area contributed by atoms with Crippen molar-refractivity contribution in [2.75, 3.05) is 11.5 Å². The zero-order valence-corrected chi connectivity index (χ0v) is 10.4. The Hall–Kier alpha value is -1.05.